The SMILES string of the molecule is CCCc1cc(NC(C)(C)CCN)ncn1. The molecular weight excluding hydrogens is 200 g/mol. The van der Waals surface area contributed by atoms with E-state index in [1.807, 2.05) is 6.07 Å². The second-order valence-electron chi connectivity index (χ2n) is 4.69. The van der Waals surface area contributed by atoms with Crippen LogP contribution in [0.2, 0.25) is 0 Å². The number of anilines is 1. The summed E-state index contributed by atoms with van der Waals surface area (Å²) >= 11 is 0. The van der Waals surface area contributed by atoms with Gasteiger partial charge in [0, 0.05) is 17.3 Å². The molecule has 0 atom stereocenters. The minimum atomic E-state index is -0.0212. The summed E-state index contributed by atoms with van der Waals surface area (Å²) in [6.45, 7) is 7.07. The van der Waals surface area contributed by atoms with Crippen LogP contribution in [0.25, 0.3) is 0 Å². The van der Waals surface area contributed by atoms with Crippen molar-refractivity contribution >= 4 is 5.82 Å². The highest BCUT2D eigenvalue weighted by atomic mass is 15.1. The van der Waals surface area contributed by atoms with E-state index in [4.69, 9.17) is 5.73 Å². The first-order valence-electron chi connectivity index (χ1n) is 5.86. The van der Waals surface area contributed by atoms with Gasteiger partial charge in [-0.15, -0.1) is 0 Å². The van der Waals surface area contributed by atoms with E-state index in [1.165, 1.54) is 0 Å². The summed E-state index contributed by atoms with van der Waals surface area (Å²) in [6, 6.07) is 2.02. The van der Waals surface area contributed by atoms with E-state index in [1.54, 1.807) is 6.33 Å². The zero-order chi connectivity index (χ0) is 12.0. The number of nitrogens with zero attached hydrogens (tertiary/aromatic N) is 2. The largest absolute Gasteiger partial charge is 0.365 e. The molecule has 0 aliphatic carbocycles. The van der Waals surface area contributed by atoms with Gasteiger partial charge in [-0.05, 0) is 33.2 Å². The van der Waals surface area contributed by atoms with Gasteiger partial charge >= 0.3 is 0 Å². The van der Waals surface area contributed by atoms with Crippen LogP contribution in [-0.2, 0) is 6.42 Å². The molecule has 1 aromatic rings. The molecule has 0 unspecified atom stereocenters. The van der Waals surface area contributed by atoms with Gasteiger partial charge in [0.2, 0.25) is 0 Å². The van der Waals surface area contributed by atoms with Gasteiger partial charge in [0.15, 0.2) is 0 Å². The maximum Gasteiger partial charge on any atom is 0.130 e. The lowest BCUT2D eigenvalue weighted by atomic mass is 10.0. The fraction of sp³-hybridized carbons (Fsp3) is 0.667. The number of hydrogen-bond acceptors (Lipinski definition) is 4. The van der Waals surface area contributed by atoms with Gasteiger partial charge in [-0.3, -0.25) is 0 Å². The Bertz CT molecular complexity index is 323. The molecule has 0 radical (unpaired) electrons. The van der Waals surface area contributed by atoms with E-state index in [2.05, 4.69) is 36.1 Å². The highest BCUT2D eigenvalue weighted by Gasteiger charge is 2.16. The van der Waals surface area contributed by atoms with Crippen LogP contribution in [0.15, 0.2) is 12.4 Å². The average Bonchev–Trinajstić information content (AvgIpc) is 2.17. The van der Waals surface area contributed by atoms with Crippen molar-refractivity contribution in [1.82, 2.24) is 9.97 Å². The summed E-state index contributed by atoms with van der Waals surface area (Å²) in [7, 11) is 0. The van der Waals surface area contributed by atoms with Crippen molar-refractivity contribution in [2.24, 2.45) is 5.73 Å². The lowest BCUT2D eigenvalue weighted by Gasteiger charge is -2.26. The van der Waals surface area contributed by atoms with Gasteiger partial charge < -0.3 is 11.1 Å². The van der Waals surface area contributed by atoms with E-state index in [0.717, 1.165) is 30.8 Å². The third kappa shape index (κ3) is 4.14. The van der Waals surface area contributed by atoms with E-state index in [0.29, 0.717) is 6.54 Å². The number of aromatic nitrogens is 2. The molecule has 0 aromatic carbocycles. The van der Waals surface area contributed by atoms with Crippen molar-refractivity contribution < 1.29 is 0 Å². The number of aryl methyl sites for hydroxylation is 1. The molecule has 0 fully saturated rings. The first-order chi connectivity index (χ1) is 7.57. The van der Waals surface area contributed by atoms with Gasteiger partial charge in [-0.25, -0.2) is 9.97 Å². The standard InChI is InChI=1S/C12H22N4/c1-4-5-10-8-11(15-9-14-10)16-12(2,3)6-7-13/h8-9H,4-7,13H2,1-3H3,(H,14,15,16). The van der Waals surface area contributed by atoms with Crippen LogP contribution in [0.5, 0.6) is 0 Å². The molecule has 0 aliphatic rings. The van der Waals surface area contributed by atoms with E-state index in [9.17, 15) is 0 Å². The zero-order valence-electron chi connectivity index (χ0n) is 10.5. The van der Waals surface area contributed by atoms with Gasteiger partial charge in [0.25, 0.3) is 0 Å². The van der Waals surface area contributed by atoms with Crippen molar-refractivity contribution in [3.63, 3.8) is 0 Å². The minimum absolute atomic E-state index is 0.0212. The zero-order valence-corrected chi connectivity index (χ0v) is 10.5. The first kappa shape index (κ1) is 12.9. The molecule has 0 saturated heterocycles. The van der Waals surface area contributed by atoms with E-state index in [-0.39, 0.29) is 5.54 Å². The van der Waals surface area contributed by atoms with Crippen LogP contribution in [0.1, 0.15) is 39.3 Å². The quantitative estimate of drug-likeness (QED) is 0.772. The van der Waals surface area contributed by atoms with Crippen LogP contribution in [0.4, 0.5) is 5.82 Å². The molecule has 0 spiro atoms. The lowest BCUT2D eigenvalue weighted by molar-refractivity contribution is 0.524. The van der Waals surface area contributed by atoms with Crippen LogP contribution >= 0.6 is 0 Å². The summed E-state index contributed by atoms with van der Waals surface area (Å²) in [5, 5.41) is 3.39. The first-order valence-corrected chi connectivity index (χ1v) is 5.86. The molecule has 0 saturated carbocycles. The van der Waals surface area contributed by atoms with Gasteiger partial charge in [-0.1, -0.05) is 13.3 Å². The van der Waals surface area contributed by atoms with Crippen molar-refractivity contribution in [3.8, 4) is 0 Å². The van der Waals surface area contributed by atoms with Crippen LogP contribution in [-0.4, -0.2) is 22.1 Å². The number of hydrogen-bond donors (Lipinski definition) is 2. The van der Waals surface area contributed by atoms with Crippen LogP contribution in [0.3, 0.4) is 0 Å². The fourth-order valence-corrected chi connectivity index (χ4v) is 1.63. The predicted octanol–water partition coefficient (Wildman–Crippen LogP) is 1.97. The smallest absolute Gasteiger partial charge is 0.130 e. The Labute approximate surface area is 97.7 Å². The number of nitrogens with two attached hydrogens (primary N) is 1. The molecule has 0 aliphatic heterocycles. The molecule has 1 rings (SSSR count). The number of nitrogens with one attached hydrogen (secondary N) is 1. The van der Waals surface area contributed by atoms with Crippen LogP contribution in [0, 0.1) is 0 Å². The Morgan fingerprint density at radius 3 is 2.75 bits per heavy atom. The molecule has 0 bridgehead atoms. The molecule has 4 nitrogen and oxygen atoms in total. The molecule has 4 heteroatoms. The average molecular weight is 222 g/mol. The van der Waals surface area contributed by atoms with Gasteiger partial charge in [0.05, 0.1) is 0 Å². The van der Waals surface area contributed by atoms with Crippen LogP contribution < -0.4 is 11.1 Å². The molecule has 1 aromatic heterocycles. The Morgan fingerprint density at radius 2 is 2.12 bits per heavy atom. The third-order valence-corrected chi connectivity index (χ3v) is 2.47. The van der Waals surface area contributed by atoms with Crippen molar-refractivity contribution in [2.75, 3.05) is 11.9 Å². The maximum absolute atomic E-state index is 5.57. The topological polar surface area (TPSA) is 63.8 Å². The van der Waals surface area contributed by atoms with E-state index < -0.39 is 0 Å². The fourth-order valence-electron chi connectivity index (χ4n) is 1.63. The second-order valence-corrected chi connectivity index (χ2v) is 4.69. The highest BCUT2D eigenvalue weighted by Crippen LogP contribution is 2.16. The van der Waals surface area contributed by atoms with Crippen molar-refractivity contribution in [1.29, 1.82) is 0 Å². The van der Waals surface area contributed by atoms with Crippen molar-refractivity contribution in [3.05, 3.63) is 18.1 Å². The Hall–Kier alpha value is -1.16. The van der Waals surface area contributed by atoms with Gasteiger partial charge in [-0.2, -0.15) is 0 Å². The third-order valence-electron chi connectivity index (χ3n) is 2.47. The second kappa shape index (κ2) is 5.80. The summed E-state index contributed by atoms with van der Waals surface area (Å²) in [6.07, 6.45) is 4.63. The molecule has 0 amide bonds. The molecule has 90 valence electrons. The maximum atomic E-state index is 5.57. The summed E-state index contributed by atoms with van der Waals surface area (Å²) in [4.78, 5) is 8.46. The van der Waals surface area contributed by atoms with Crippen molar-refractivity contribution in [2.45, 2.75) is 45.6 Å². The summed E-state index contributed by atoms with van der Waals surface area (Å²) in [5.41, 5.74) is 6.64. The molecular formula is C12H22N4. The Balaban J connectivity index is 2.69. The monoisotopic (exact) mass is 222 g/mol. The van der Waals surface area contributed by atoms with E-state index >= 15 is 0 Å². The molecule has 1 heterocycles. The Morgan fingerprint density at radius 1 is 1.38 bits per heavy atom. The lowest BCUT2D eigenvalue weighted by Crippen LogP contribution is -2.33. The normalized spacial score (nSPS) is 11.5. The predicted molar refractivity (Wildman–Crippen MR) is 67.4 cm³/mol. The molecule has 16 heavy (non-hydrogen) atoms. The number of rotatable bonds is 6. The Kier molecular flexibility index (Phi) is 4.68. The summed E-state index contributed by atoms with van der Waals surface area (Å²) in [5.74, 6) is 0.886. The summed E-state index contributed by atoms with van der Waals surface area (Å²) < 4.78 is 0. The highest BCUT2D eigenvalue weighted by molar-refractivity contribution is 5.37. The minimum Gasteiger partial charge on any atom is -0.365 e. The molecule has 3 N–H and O–H groups in total. The van der Waals surface area contributed by atoms with Gasteiger partial charge in [0.1, 0.15) is 12.1 Å².